The first-order valence-electron chi connectivity index (χ1n) is 6.34. The highest BCUT2D eigenvalue weighted by Gasteiger charge is 2.08. The van der Waals surface area contributed by atoms with E-state index in [1.807, 2.05) is 6.07 Å². The average molecular weight is 287 g/mol. The van der Waals surface area contributed by atoms with E-state index in [1.165, 1.54) is 7.11 Å². The van der Waals surface area contributed by atoms with Crippen LogP contribution in [0.3, 0.4) is 0 Å². The van der Waals surface area contributed by atoms with Crippen molar-refractivity contribution in [3.63, 3.8) is 0 Å². The van der Waals surface area contributed by atoms with Crippen molar-refractivity contribution in [1.82, 2.24) is 10.3 Å². The molecule has 0 aliphatic heterocycles. The summed E-state index contributed by atoms with van der Waals surface area (Å²) in [6, 6.07) is 8.48. The third-order valence-corrected chi connectivity index (χ3v) is 2.89. The van der Waals surface area contributed by atoms with E-state index in [1.54, 1.807) is 37.6 Å². The van der Waals surface area contributed by atoms with Gasteiger partial charge in [0.25, 0.3) is 5.91 Å². The van der Waals surface area contributed by atoms with Crippen LogP contribution in [0.2, 0.25) is 0 Å². The Balaban J connectivity index is 2.02. The molecule has 0 spiro atoms. The highest BCUT2D eigenvalue weighted by atomic mass is 16.5. The quantitative estimate of drug-likeness (QED) is 0.816. The topological polar surface area (TPSA) is 86.5 Å². The summed E-state index contributed by atoms with van der Waals surface area (Å²) in [7, 11) is 3.08. The Morgan fingerprint density at radius 2 is 2.05 bits per heavy atom. The number of aromatic nitrogens is 1. The molecule has 0 aliphatic carbocycles. The molecule has 0 saturated carbocycles. The number of hydrogen-bond donors (Lipinski definition) is 2. The Morgan fingerprint density at radius 1 is 1.24 bits per heavy atom. The smallest absolute Gasteiger partial charge is 0.251 e. The Morgan fingerprint density at radius 3 is 2.67 bits per heavy atom. The molecule has 1 aromatic heterocycles. The van der Waals surface area contributed by atoms with Crippen molar-refractivity contribution >= 4 is 11.6 Å². The summed E-state index contributed by atoms with van der Waals surface area (Å²) in [6.07, 6.45) is 1.65. The van der Waals surface area contributed by atoms with Gasteiger partial charge in [-0.2, -0.15) is 0 Å². The number of ether oxygens (including phenoxy) is 2. The lowest BCUT2D eigenvalue weighted by Crippen LogP contribution is -2.23. The van der Waals surface area contributed by atoms with Crippen molar-refractivity contribution in [2.45, 2.75) is 6.54 Å². The number of benzene rings is 1. The first-order chi connectivity index (χ1) is 10.1. The number of nitrogens with one attached hydrogen (secondary N) is 1. The number of nitrogens with zero attached hydrogens (tertiary/aromatic N) is 1. The summed E-state index contributed by atoms with van der Waals surface area (Å²) in [4.78, 5) is 16.2. The van der Waals surface area contributed by atoms with E-state index >= 15 is 0 Å². The fraction of sp³-hybridized carbons (Fsp3) is 0.200. The van der Waals surface area contributed by atoms with Crippen molar-refractivity contribution in [3.8, 4) is 11.6 Å². The second-order valence-corrected chi connectivity index (χ2v) is 4.39. The monoisotopic (exact) mass is 287 g/mol. The molecule has 110 valence electrons. The van der Waals surface area contributed by atoms with Gasteiger partial charge >= 0.3 is 0 Å². The van der Waals surface area contributed by atoms with E-state index in [9.17, 15) is 4.79 Å². The molecule has 2 aromatic rings. The van der Waals surface area contributed by atoms with E-state index in [4.69, 9.17) is 15.2 Å². The number of anilines is 1. The molecular formula is C15H17N3O3. The van der Waals surface area contributed by atoms with E-state index in [0.29, 0.717) is 29.4 Å². The number of nitrogens with two attached hydrogens (primary N) is 1. The van der Waals surface area contributed by atoms with Gasteiger partial charge in [-0.3, -0.25) is 4.79 Å². The molecular weight excluding hydrogens is 270 g/mol. The number of rotatable bonds is 5. The maximum absolute atomic E-state index is 12.1. The van der Waals surface area contributed by atoms with Crippen molar-refractivity contribution in [2.75, 3.05) is 20.0 Å². The zero-order valence-electron chi connectivity index (χ0n) is 11.9. The lowest BCUT2D eigenvalue weighted by Gasteiger charge is -2.08. The summed E-state index contributed by atoms with van der Waals surface area (Å²) >= 11 is 0. The Bertz CT molecular complexity index is 627. The third kappa shape index (κ3) is 3.85. The summed E-state index contributed by atoms with van der Waals surface area (Å²) in [5, 5.41) is 2.80. The van der Waals surface area contributed by atoms with E-state index < -0.39 is 0 Å². The molecule has 0 fully saturated rings. The third-order valence-electron chi connectivity index (χ3n) is 2.89. The van der Waals surface area contributed by atoms with Gasteiger partial charge in [-0.05, 0) is 17.7 Å². The van der Waals surface area contributed by atoms with Crippen LogP contribution in [0.4, 0.5) is 5.69 Å². The highest BCUT2D eigenvalue weighted by Crippen LogP contribution is 2.18. The van der Waals surface area contributed by atoms with Crippen LogP contribution in [0, 0.1) is 0 Å². The lowest BCUT2D eigenvalue weighted by atomic mass is 10.1. The first kappa shape index (κ1) is 14.6. The predicted molar refractivity (Wildman–Crippen MR) is 79.4 cm³/mol. The molecule has 0 atom stereocenters. The molecule has 0 saturated heterocycles. The summed E-state index contributed by atoms with van der Waals surface area (Å²) in [6.45, 7) is 0.368. The molecule has 6 heteroatoms. The molecule has 0 bridgehead atoms. The SMILES string of the molecule is COc1cc(N)cc(C(=O)NCc2ccc(OC)nc2)c1. The predicted octanol–water partition coefficient (Wildman–Crippen LogP) is 1.61. The number of methoxy groups -OCH3 is 2. The number of amides is 1. The molecule has 6 nitrogen and oxygen atoms in total. The molecule has 0 unspecified atom stereocenters. The van der Waals surface area contributed by atoms with Crippen molar-refractivity contribution < 1.29 is 14.3 Å². The minimum atomic E-state index is -0.226. The van der Waals surface area contributed by atoms with Crippen LogP contribution < -0.4 is 20.5 Å². The van der Waals surface area contributed by atoms with Gasteiger partial charge in [-0.1, -0.05) is 6.07 Å². The Kier molecular flexibility index (Phi) is 4.61. The fourth-order valence-corrected chi connectivity index (χ4v) is 1.79. The van der Waals surface area contributed by atoms with E-state index in [2.05, 4.69) is 10.3 Å². The minimum absolute atomic E-state index is 0.226. The standard InChI is InChI=1S/C15H17N3O3/c1-20-13-6-11(5-12(16)7-13)15(19)18-9-10-3-4-14(21-2)17-8-10/h3-8H,9,16H2,1-2H3,(H,18,19). The van der Waals surface area contributed by atoms with Gasteiger partial charge in [0.2, 0.25) is 5.88 Å². The molecule has 21 heavy (non-hydrogen) atoms. The molecule has 1 heterocycles. The van der Waals surface area contributed by atoms with Crippen LogP contribution >= 0.6 is 0 Å². The van der Waals surface area contributed by atoms with Gasteiger partial charge in [-0.15, -0.1) is 0 Å². The van der Waals surface area contributed by atoms with Gasteiger partial charge in [0.05, 0.1) is 14.2 Å². The van der Waals surface area contributed by atoms with E-state index in [0.717, 1.165) is 5.56 Å². The van der Waals surface area contributed by atoms with Crippen LogP contribution in [0.1, 0.15) is 15.9 Å². The lowest BCUT2D eigenvalue weighted by molar-refractivity contribution is 0.0950. The second-order valence-electron chi connectivity index (χ2n) is 4.39. The number of hydrogen-bond acceptors (Lipinski definition) is 5. The summed E-state index contributed by atoms with van der Waals surface area (Å²) in [5.74, 6) is 0.855. The van der Waals surface area contributed by atoms with Crippen molar-refractivity contribution in [2.24, 2.45) is 0 Å². The number of carbonyl (C=O) groups is 1. The molecule has 3 N–H and O–H groups in total. The summed E-state index contributed by atoms with van der Waals surface area (Å²) in [5.41, 5.74) is 7.53. The fourth-order valence-electron chi connectivity index (χ4n) is 1.79. The van der Waals surface area contributed by atoms with Crippen LogP contribution in [0.25, 0.3) is 0 Å². The largest absolute Gasteiger partial charge is 0.497 e. The zero-order chi connectivity index (χ0) is 15.2. The second kappa shape index (κ2) is 6.60. The highest BCUT2D eigenvalue weighted by molar-refractivity contribution is 5.95. The molecule has 0 radical (unpaired) electrons. The molecule has 0 aliphatic rings. The number of nitrogen functional groups attached to an aromatic ring is 1. The average Bonchev–Trinajstić information content (AvgIpc) is 2.52. The summed E-state index contributed by atoms with van der Waals surface area (Å²) < 4.78 is 10.1. The number of pyridine rings is 1. The van der Waals surface area contributed by atoms with Gasteiger partial charge in [-0.25, -0.2) is 4.98 Å². The van der Waals surface area contributed by atoms with Gasteiger partial charge < -0.3 is 20.5 Å². The van der Waals surface area contributed by atoms with E-state index in [-0.39, 0.29) is 5.91 Å². The van der Waals surface area contributed by atoms with Gasteiger partial charge in [0, 0.05) is 36.1 Å². The maximum Gasteiger partial charge on any atom is 0.251 e. The first-order valence-corrected chi connectivity index (χ1v) is 6.34. The Labute approximate surface area is 122 Å². The zero-order valence-corrected chi connectivity index (χ0v) is 11.9. The molecule has 1 amide bonds. The molecule has 2 rings (SSSR count). The van der Waals surface area contributed by atoms with Crippen LogP contribution in [0.15, 0.2) is 36.5 Å². The molecule has 1 aromatic carbocycles. The maximum atomic E-state index is 12.1. The minimum Gasteiger partial charge on any atom is -0.497 e. The van der Waals surface area contributed by atoms with Crippen LogP contribution in [0.5, 0.6) is 11.6 Å². The van der Waals surface area contributed by atoms with Crippen molar-refractivity contribution in [1.29, 1.82) is 0 Å². The number of carbonyl (C=O) groups excluding carboxylic acids is 1. The van der Waals surface area contributed by atoms with Crippen molar-refractivity contribution in [3.05, 3.63) is 47.7 Å². The normalized spacial score (nSPS) is 10.0. The van der Waals surface area contributed by atoms with Gasteiger partial charge in [0.1, 0.15) is 5.75 Å². The Hall–Kier alpha value is -2.76. The van der Waals surface area contributed by atoms with Crippen LogP contribution in [-0.4, -0.2) is 25.1 Å². The van der Waals surface area contributed by atoms with Crippen LogP contribution in [-0.2, 0) is 6.54 Å². The van der Waals surface area contributed by atoms with Gasteiger partial charge in [0.15, 0.2) is 0 Å².